The van der Waals surface area contributed by atoms with Crippen molar-refractivity contribution in [1.82, 2.24) is 9.97 Å². The molecule has 4 heteroatoms. The summed E-state index contributed by atoms with van der Waals surface area (Å²) >= 11 is 0. The van der Waals surface area contributed by atoms with E-state index in [0.29, 0.717) is 6.42 Å². The second kappa shape index (κ2) is 7.38. The van der Waals surface area contributed by atoms with Gasteiger partial charge in [-0.05, 0) is 65.3 Å². The lowest BCUT2D eigenvalue weighted by molar-refractivity contribution is -0.118. The molecule has 148 valence electrons. The fourth-order valence-electron chi connectivity index (χ4n) is 4.19. The molecular formula is C26H23N3O. The van der Waals surface area contributed by atoms with Gasteiger partial charge in [0.05, 0.1) is 5.69 Å². The largest absolute Gasteiger partial charge is 0.315 e. The van der Waals surface area contributed by atoms with Gasteiger partial charge in [-0.15, -0.1) is 0 Å². The zero-order chi connectivity index (χ0) is 20.7. The van der Waals surface area contributed by atoms with Gasteiger partial charge in [0.25, 0.3) is 0 Å². The monoisotopic (exact) mass is 393 g/mol. The van der Waals surface area contributed by atoms with Gasteiger partial charge in [-0.1, -0.05) is 31.2 Å². The van der Waals surface area contributed by atoms with Crippen LogP contribution in [0.15, 0.2) is 67.0 Å². The quantitative estimate of drug-likeness (QED) is 0.466. The molecule has 30 heavy (non-hydrogen) atoms. The van der Waals surface area contributed by atoms with Crippen LogP contribution in [-0.2, 0) is 17.6 Å². The zero-order valence-electron chi connectivity index (χ0n) is 17.2. The molecule has 0 atom stereocenters. The average Bonchev–Trinajstić information content (AvgIpc) is 2.80. The molecule has 0 fully saturated rings. The lowest BCUT2D eigenvalue weighted by atomic mass is 9.93. The van der Waals surface area contributed by atoms with E-state index in [-0.39, 0.29) is 5.91 Å². The number of hydrogen-bond donors (Lipinski definition) is 0. The van der Waals surface area contributed by atoms with E-state index in [1.807, 2.05) is 19.4 Å². The molecule has 4 nitrogen and oxygen atoms in total. The Morgan fingerprint density at radius 1 is 0.933 bits per heavy atom. The number of rotatable bonds is 3. The summed E-state index contributed by atoms with van der Waals surface area (Å²) in [6.07, 6.45) is 6.15. The van der Waals surface area contributed by atoms with Crippen molar-refractivity contribution in [3.63, 3.8) is 0 Å². The van der Waals surface area contributed by atoms with Gasteiger partial charge in [0.15, 0.2) is 0 Å². The Kier molecular flexibility index (Phi) is 4.55. The summed E-state index contributed by atoms with van der Waals surface area (Å²) in [7, 11) is 1.85. The number of amides is 1. The number of aromatic nitrogens is 2. The van der Waals surface area contributed by atoms with Crippen molar-refractivity contribution in [3.05, 3.63) is 78.2 Å². The molecule has 0 bridgehead atoms. The Morgan fingerprint density at radius 3 is 2.60 bits per heavy atom. The Morgan fingerprint density at radius 2 is 1.80 bits per heavy atom. The molecule has 0 saturated heterocycles. The molecule has 1 aliphatic rings. The van der Waals surface area contributed by atoms with Crippen molar-refractivity contribution in [3.8, 4) is 22.4 Å². The minimum Gasteiger partial charge on any atom is -0.315 e. The second-order valence-corrected chi connectivity index (χ2v) is 7.78. The van der Waals surface area contributed by atoms with E-state index in [2.05, 4.69) is 66.5 Å². The van der Waals surface area contributed by atoms with Crippen molar-refractivity contribution in [1.29, 1.82) is 0 Å². The van der Waals surface area contributed by atoms with E-state index >= 15 is 0 Å². The molecule has 0 saturated carbocycles. The molecule has 0 unspecified atom stereocenters. The number of carbonyl (C=O) groups is 1. The van der Waals surface area contributed by atoms with E-state index in [1.165, 1.54) is 5.56 Å². The van der Waals surface area contributed by atoms with E-state index in [0.717, 1.165) is 57.4 Å². The van der Waals surface area contributed by atoms with Crippen LogP contribution in [0.1, 0.15) is 24.6 Å². The number of nitrogens with zero attached hydrogens (tertiary/aromatic N) is 3. The molecule has 3 heterocycles. The van der Waals surface area contributed by atoms with Gasteiger partial charge in [-0.2, -0.15) is 0 Å². The number of aryl methyl sites for hydroxylation is 2. The fraction of sp³-hybridized carbons (Fsp3) is 0.192. The van der Waals surface area contributed by atoms with Gasteiger partial charge in [0, 0.05) is 48.2 Å². The highest BCUT2D eigenvalue weighted by atomic mass is 16.2. The highest BCUT2D eigenvalue weighted by molar-refractivity contribution is 5.99. The molecule has 0 radical (unpaired) electrons. The summed E-state index contributed by atoms with van der Waals surface area (Å²) in [5.41, 5.74) is 7.60. The maximum absolute atomic E-state index is 12.0. The topological polar surface area (TPSA) is 46.1 Å². The Balaban J connectivity index is 1.56. The average molecular weight is 393 g/mol. The van der Waals surface area contributed by atoms with E-state index in [1.54, 1.807) is 4.90 Å². The second-order valence-electron chi connectivity index (χ2n) is 7.78. The standard InChI is InChI=1S/C26H23N3O/c1-3-21-10-7-20(15-27-21)24-14-17-5-4-6-22(23(17)16-28-24)18-8-11-25-19(13-18)9-12-26(30)29(25)2/h4-8,10-11,13-16H,3,9,12H2,1-2H3. The first-order valence-corrected chi connectivity index (χ1v) is 10.4. The smallest absolute Gasteiger partial charge is 0.227 e. The fourth-order valence-corrected chi connectivity index (χ4v) is 4.19. The molecule has 0 aliphatic carbocycles. The van der Waals surface area contributed by atoms with Crippen LogP contribution < -0.4 is 4.90 Å². The van der Waals surface area contributed by atoms with Gasteiger partial charge < -0.3 is 4.90 Å². The third-order valence-electron chi connectivity index (χ3n) is 5.98. The number of fused-ring (bicyclic) bond motifs is 2. The Bertz CT molecular complexity index is 1260. The van der Waals surface area contributed by atoms with E-state index < -0.39 is 0 Å². The highest BCUT2D eigenvalue weighted by Gasteiger charge is 2.21. The SMILES string of the molecule is CCc1ccc(-c2cc3cccc(-c4ccc5c(c4)CCC(=O)N5C)c3cn2)cn1. The summed E-state index contributed by atoms with van der Waals surface area (Å²) in [4.78, 5) is 23.0. The number of carbonyl (C=O) groups excluding carboxylic acids is 1. The molecule has 1 amide bonds. The van der Waals surface area contributed by atoms with Gasteiger partial charge >= 0.3 is 0 Å². The first kappa shape index (κ1) is 18.5. The lowest BCUT2D eigenvalue weighted by Crippen LogP contribution is -2.30. The van der Waals surface area contributed by atoms with Gasteiger partial charge in [-0.3, -0.25) is 14.8 Å². The molecule has 5 rings (SSSR count). The maximum Gasteiger partial charge on any atom is 0.227 e. The summed E-state index contributed by atoms with van der Waals surface area (Å²) in [5.74, 6) is 0.179. The minimum absolute atomic E-state index is 0.179. The predicted molar refractivity (Wildman–Crippen MR) is 122 cm³/mol. The predicted octanol–water partition coefficient (Wildman–Crippen LogP) is 5.44. The number of hydrogen-bond acceptors (Lipinski definition) is 3. The minimum atomic E-state index is 0.179. The van der Waals surface area contributed by atoms with Gasteiger partial charge in [0.2, 0.25) is 5.91 Å². The molecule has 2 aromatic heterocycles. The van der Waals surface area contributed by atoms with Crippen LogP contribution in [0.4, 0.5) is 5.69 Å². The van der Waals surface area contributed by atoms with Crippen LogP contribution in [0, 0.1) is 0 Å². The normalized spacial score (nSPS) is 13.5. The van der Waals surface area contributed by atoms with Gasteiger partial charge in [0.1, 0.15) is 0 Å². The molecule has 2 aromatic carbocycles. The molecular weight excluding hydrogens is 370 g/mol. The summed E-state index contributed by atoms with van der Waals surface area (Å²) in [5, 5.41) is 2.28. The third-order valence-corrected chi connectivity index (χ3v) is 5.98. The van der Waals surface area contributed by atoms with Crippen molar-refractivity contribution >= 4 is 22.4 Å². The molecule has 1 aliphatic heterocycles. The van der Waals surface area contributed by atoms with Crippen LogP contribution in [0.3, 0.4) is 0 Å². The van der Waals surface area contributed by atoms with Crippen LogP contribution in [-0.4, -0.2) is 22.9 Å². The van der Waals surface area contributed by atoms with Crippen LogP contribution in [0.25, 0.3) is 33.2 Å². The summed E-state index contributed by atoms with van der Waals surface area (Å²) < 4.78 is 0. The molecule has 4 aromatic rings. The number of benzene rings is 2. The number of pyridine rings is 2. The summed E-state index contributed by atoms with van der Waals surface area (Å²) in [6, 6.07) is 19.0. The number of anilines is 1. The zero-order valence-corrected chi connectivity index (χ0v) is 17.2. The summed E-state index contributed by atoms with van der Waals surface area (Å²) in [6.45, 7) is 2.11. The lowest BCUT2D eigenvalue weighted by Gasteiger charge is -2.26. The third kappa shape index (κ3) is 3.14. The van der Waals surface area contributed by atoms with Crippen LogP contribution in [0.5, 0.6) is 0 Å². The van der Waals surface area contributed by atoms with Crippen molar-refractivity contribution in [2.45, 2.75) is 26.2 Å². The molecule has 0 spiro atoms. The van der Waals surface area contributed by atoms with E-state index in [4.69, 9.17) is 4.98 Å². The first-order chi connectivity index (χ1) is 14.6. The Labute approximate surface area is 176 Å². The molecule has 0 N–H and O–H groups in total. The highest BCUT2D eigenvalue weighted by Crippen LogP contribution is 2.35. The van der Waals surface area contributed by atoms with Crippen molar-refractivity contribution < 1.29 is 4.79 Å². The van der Waals surface area contributed by atoms with Crippen molar-refractivity contribution in [2.24, 2.45) is 0 Å². The van der Waals surface area contributed by atoms with Crippen molar-refractivity contribution in [2.75, 3.05) is 11.9 Å². The Hall–Kier alpha value is -3.53. The van der Waals surface area contributed by atoms with E-state index in [9.17, 15) is 4.79 Å². The van der Waals surface area contributed by atoms with Gasteiger partial charge in [-0.25, -0.2) is 0 Å². The van der Waals surface area contributed by atoms with Crippen LogP contribution in [0.2, 0.25) is 0 Å². The maximum atomic E-state index is 12.0. The first-order valence-electron chi connectivity index (χ1n) is 10.4. The van der Waals surface area contributed by atoms with Crippen LogP contribution >= 0.6 is 0 Å².